The molecule has 0 aromatic heterocycles. The number of benzene rings is 3. The number of methoxy groups -OCH3 is 1. The molecule has 0 aliphatic heterocycles. The first-order valence-corrected chi connectivity index (χ1v) is 14.2. The summed E-state index contributed by atoms with van der Waals surface area (Å²) in [5, 5.41) is 2.75. The Morgan fingerprint density at radius 2 is 1.59 bits per heavy atom. The summed E-state index contributed by atoms with van der Waals surface area (Å²) in [5.41, 5.74) is 1.13. The van der Waals surface area contributed by atoms with Gasteiger partial charge in [-0.2, -0.15) is 0 Å². The Morgan fingerprint density at radius 3 is 2.16 bits per heavy atom. The summed E-state index contributed by atoms with van der Waals surface area (Å²) in [6.45, 7) is 3.48. The summed E-state index contributed by atoms with van der Waals surface area (Å²) in [6.07, 6.45) is 0. The van der Waals surface area contributed by atoms with Crippen LogP contribution in [0.2, 0.25) is 0 Å². The minimum absolute atomic E-state index is 0.0693. The van der Waals surface area contributed by atoms with Crippen LogP contribution in [0.15, 0.2) is 83.8 Å². The minimum atomic E-state index is -4.07. The van der Waals surface area contributed by atoms with Gasteiger partial charge in [0.25, 0.3) is 10.0 Å². The normalized spacial score (nSPS) is 11.9. The molecule has 3 aromatic rings. The van der Waals surface area contributed by atoms with Gasteiger partial charge in [-0.25, -0.2) is 8.42 Å². The lowest BCUT2D eigenvalue weighted by Crippen LogP contribution is -2.51. The summed E-state index contributed by atoms with van der Waals surface area (Å²) in [6, 6.07) is 21.2. The second-order valence-electron chi connectivity index (χ2n) is 8.24. The molecule has 3 aromatic carbocycles. The van der Waals surface area contributed by atoms with Gasteiger partial charge in [-0.05, 0) is 90.5 Å². The van der Waals surface area contributed by atoms with Crippen molar-refractivity contribution < 1.29 is 22.7 Å². The maximum atomic E-state index is 13.8. The number of halogens is 1. The van der Waals surface area contributed by atoms with E-state index in [2.05, 4.69) is 27.9 Å². The fourth-order valence-electron chi connectivity index (χ4n) is 3.69. The summed E-state index contributed by atoms with van der Waals surface area (Å²) >= 11 is 2.13. The van der Waals surface area contributed by atoms with Gasteiger partial charge in [0, 0.05) is 16.7 Å². The van der Waals surface area contributed by atoms with Crippen molar-refractivity contribution in [2.45, 2.75) is 31.3 Å². The highest BCUT2D eigenvalue weighted by atomic mass is 127. The number of nitrogens with one attached hydrogen (secondary N) is 1. The molecule has 0 radical (unpaired) electrons. The molecule has 196 valence electrons. The number of nitrogens with zero attached hydrogens (tertiary/aromatic N) is 2. The molecule has 2 amide bonds. The first-order valence-electron chi connectivity index (χ1n) is 11.7. The maximum Gasteiger partial charge on any atom is 0.264 e. The summed E-state index contributed by atoms with van der Waals surface area (Å²) in [7, 11) is -2.50. The summed E-state index contributed by atoms with van der Waals surface area (Å²) < 4.78 is 34.6. The molecule has 0 bridgehead atoms. The second kappa shape index (κ2) is 12.9. The maximum absolute atomic E-state index is 13.8. The van der Waals surface area contributed by atoms with Gasteiger partial charge >= 0.3 is 0 Å². The van der Waals surface area contributed by atoms with E-state index in [-0.39, 0.29) is 17.3 Å². The molecule has 10 heteroatoms. The van der Waals surface area contributed by atoms with E-state index >= 15 is 0 Å². The second-order valence-corrected chi connectivity index (χ2v) is 11.3. The fourth-order valence-corrected chi connectivity index (χ4v) is 5.48. The van der Waals surface area contributed by atoms with Crippen molar-refractivity contribution in [3.8, 4) is 5.75 Å². The van der Waals surface area contributed by atoms with Crippen LogP contribution >= 0.6 is 22.6 Å². The van der Waals surface area contributed by atoms with E-state index in [1.807, 2.05) is 0 Å². The molecule has 0 heterocycles. The van der Waals surface area contributed by atoms with Crippen molar-refractivity contribution >= 4 is 50.1 Å². The standard InChI is InChI=1S/C27H30IN3O5S/c1-4-29-27(33)20(2)30(18-21-10-16-24(36-3)17-11-21)26(32)19-31(23-14-12-22(28)13-15-23)37(34,35)25-8-6-5-7-9-25/h5-17,20H,4,18-19H2,1-3H3,(H,29,33)/t20-/m1/s1. The highest BCUT2D eigenvalue weighted by Gasteiger charge is 2.32. The Morgan fingerprint density at radius 1 is 0.973 bits per heavy atom. The van der Waals surface area contributed by atoms with E-state index in [0.29, 0.717) is 18.0 Å². The number of amides is 2. The lowest BCUT2D eigenvalue weighted by molar-refractivity contribution is -0.139. The van der Waals surface area contributed by atoms with Crippen LogP contribution in [-0.4, -0.2) is 51.4 Å². The van der Waals surface area contributed by atoms with Crippen molar-refractivity contribution in [3.63, 3.8) is 0 Å². The Bertz CT molecular complexity index is 1300. The molecule has 0 unspecified atom stereocenters. The predicted molar refractivity (Wildman–Crippen MR) is 152 cm³/mol. The number of rotatable bonds is 11. The Kier molecular flexibility index (Phi) is 9.93. The van der Waals surface area contributed by atoms with Crippen molar-refractivity contribution in [2.75, 3.05) is 24.5 Å². The quantitative estimate of drug-likeness (QED) is 0.321. The molecule has 0 saturated carbocycles. The number of hydrogen-bond donors (Lipinski definition) is 1. The number of likely N-dealkylation sites (N-methyl/N-ethyl adjacent to an activating group) is 1. The number of carbonyl (C=O) groups excluding carboxylic acids is 2. The number of ether oxygens (including phenoxy) is 1. The van der Waals surface area contributed by atoms with E-state index in [1.54, 1.807) is 87.7 Å². The third-order valence-corrected chi connectivity index (χ3v) is 8.26. The molecule has 0 spiro atoms. The van der Waals surface area contributed by atoms with E-state index in [9.17, 15) is 18.0 Å². The van der Waals surface area contributed by atoms with Crippen LogP contribution in [0, 0.1) is 3.57 Å². The Labute approximate surface area is 231 Å². The van der Waals surface area contributed by atoms with Crippen LogP contribution in [0.5, 0.6) is 5.75 Å². The van der Waals surface area contributed by atoms with Crippen LogP contribution in [0.25, 0.3) is 0 Å². The molecule has 3 rings (SSSR count). The average molecular weight is 636 g/mol. The monoisotopic (exact) mass is 635 g/mol. The molecule has 1 atom stereocenters. The molecule has 8 nitrogen and oxygen atoms in total. The lowest BCUT2D eigenvalue weighted by Gasteiger charge is -2.32. The third kappa shape index (κ3) is 7.22. The van der Waals surface area contributed by atoms with Crippen LogP contribution < -0.4 is 14.4 Å². The highest BCUT2D eigenvalue weighted by Crippen LogP contribution is 2.25. The summed E-state index contributed by atoms with van der Waals surface area (Å²) in [5.74, 6) is -0.166. The molecule has 0 fully saturated rings. The van der Waals surface area contributed by atoms with Gasteiger partial charge in [0.1, 0.15) is 18.3 Å². The van der Waals surface area contributed by atoms with Gasteiger partial charge in [-0.1, -0.05) is 30.3 Å². The predicted octanol–water partition coefficient (Wildman–Crippen LogP) is 4.05. The van der Waals surface area contributed by atoms with Crippen molar-refractivity contribution in [1.29, 1.82) is 0 Å². The van der Waals surface area contributed by atoms with E-state index < -0.39 is 28.5 Å². The molecular formula is C27H30IN3O5S. The summed E-state index contributed by atoms with van der Waals surface area (Å²) in [4.78, 5) is 28.0. The zero-order chi connectivity index (χ0) is 27.0. The third-order valence-electron chi connectivity index (χ3n) is 5.75. The van der Waals surface area contributed by atoms with Crippen molar-refractivity contribution in [1.82, 2.24) is 10.2 Å². The molecular weight excluding hydrogens is 605 g/mol. The number of carbonyl (C=O) groups is 2. The minimum Gasteiger partial charge on any atom is -0.497 e. The molecule has 37 heavy (non-hydrogen) atoms. The topological polar surface area (TPSA) is 96.0 Å². The van der Waals surface area contributed by atoms with Crippen LogP contribution in [-0.2, 0) is 26.2 Å². The molecule has 1 N–H and O–H groups in total. The van der Waals surface area contributed by atoms with Crippen LogP contribution in [0.4, 0.5) is 5.69 Å². The molecule has 0 aliphatic rings. The SMILES string of the molecule is CCNC(=O)[C@@H](C)N(Cc1ccc(OC)cc1)C(=O)CN(c1ccc(I)cc1)S(=O)(=O)c1ccccc1. The average Bonchev–Trinajstić information content (AvgIpc) is 2.91. The van der Waals surface area contributed by atoms with Gasteiger partial charge in [-0.3, -0.25) is 13.9 Å². The van der Waals surface area contributed by atoms with E-state index in [0.717, 1.165) is 13.4 Å². The van der Waals surface area contributed by atoms with Crippen molar-refractivity contribution in [3.05, 3.63) is 88.0 Å². The molecule has 0 saturated heterocycles. The van der Waals surface area contributed by atoms with Crippen LogP contribution in [0.3, 0.4) is 0 Å². The van der Waals surface area contributed by atoms with Gasteiger partial charge in [0.15, 0.2) is 0 Å². The van der Waals surface area contributed by atoms with Crippen LogP contribution in [0.1, 0.15) is 19.4 Å². The van der Waals surface area contributed by atoms with Gasteiger partial charge < -0.3 is 15.0 Å². The lowest BCUT2D eigenvalue weighted by atomic mass is 10.1. The zero-order valence-corrected chi connectivity index (χ0v) is 23.9. The van der Waals surface area contributed by atoms with E-state index in [1.165, 1.54) is 17.0 Å². The number of anilines is 1. The smallest absolute Gasteiger partial charge is 0.264 e. The largest absolute Gasteiger partial charge is 0.497 e. The van der Waals surface area contributed by atoms with Gasteiger partial charge in [0.2, 0.25) is 11.8 Å². The number of sulfonamides is 1. The first-order chi connectivity index (χ1) is 17.7. The Balaban J connectivity index is 1.99. The van der Waals surface area contributed by atoms with E-state index in [4.69, 9.17) is 4.74 Å². The highest BCUT2D eigenvalue weighted by molar-refractivity contribution is 14.1. The van der Waals surface area contributed by atoms with Gasteiger partial charge in [-0.15, -0.1) is 0 Å². The zero-order valence-electron chi connectivity index (χ0n) is 20.9. The van der Waals surface area contributed by atoms with Crippen molar-refractivity contribution in [2.24, 2.45) is 0 Å². The van der Waals surface area contributed by atoms with Gasteiger partial charge in [0.05, 0.1) is 17.7 Å². The fraction of sp³-hybridized carbons (Fsp3) is 0.259. The Hall–Kier alpha value is -3.12. The first kappa shape index (κ1) is 28.5. The molecule has 0 aliphatic carbocycles. The number of hydrogen-bond acceptors (Lipinski definition) is 5.